The number of carbonyl (C=O) groups excluding carboxylic acids is 1. The first-order chi connectivity index (χ1) is 17.1. The Labute approximate surface area is 206 Å². The third-order valence-corrected chi connectivity index (χ3v) is 6.30. The van der Waals surface area contributed by atoms with E-state index in [2.05, 4.69) is 43.3 Å². The van der Waals surface area contributed by atoms with Gasteiger partial charge in [0, 0.05) is 27.6 Å². The van der Waals surface area contributed by atoms with E-state index in [1.807, 2.05) is 41.1 Å². The molecule has 1 aliphatic rings. The SMILES string of the molecule is O=C(Nc1cccc(Cl)c1)Nc1n[nH]c2ccc(-c3nnn(Cc4ccccc4)c3C3CC3)cc12. The Kier molecular flexibility index (Phi) is 5.42. The number of carbonyl (C=O) groups is 1. The van der Waals surface area contributed by atoms with Gasteiger partial charge < -0.3 is 5.32 Å². The highest BCUT2D eigenvalue weighted by Gasteiger charge is 2.32. The first kappa shape index (κ1) is 21.4. The molecule has 0 bridgehead atoms. The second-order valence-electron chi connectivity index (χ2n) is 8.66. The molecule has 174 valence electrons. The van der Waals surface area contributed by atoms with Gasteiger partial charge in [-0.25, -0.2) is 9.48 Å². The number of H-pyrrole nitrogens is 1. The fourth-order valence-electron chi connectivity index (χ4n) is 4.25. The van der Waals surface area contributed by atoms with Crippen LogP contribution in [0.4, 0.5) is 16.3 Å². The second kappa shape index (κ2) is 8.88. The normalized spacial score (nSPS) is 13.2. The van der Waals surface area contributed by atoms with Gasteiger partial charge in [0.25, 0.3) is 0 Å². The summed E-state index contributed by atoms with van der Waals surface area (Å²) < 4.78 is 2.01. The number of aromatic nitrogens is 5. The van der Waals surface area contributed by atoms with Crippen molar-refractivity contribution in [3.63, 3.8) is 0 Å². The average Bonchev–Trinajstić information content (AvgIpc) is 3.50. The van der Waals surface area contributed by atoms with Gasteiger partial charge in [-0.2, -0.15) is 5.10 Å². The van der Waals surface area contributed by atoms with Gasteiger partial charge in [-0.05, 0) is 48.7 Å². The highest BCUT2D eigenvalue weighted by Crippen LogP contribution is 2.44. The summed E-state index contributed by atoms with van der Waals surface area (Å²) >= 11 is 6.01. The molecule has 0 unspecified atom stereocenters. The molecule has 6 rings (SSSR count). The van der Waals surface area contributed by atoms with E-state index in [-0.39, 0.29) is 0 Å². The van der Waals surface area contributed by atoms with Crippen molar-refractivity contribution < 1.29 is 4.79 Å². The van der Waals surface area contributed by atoms with Gasteiger partial charge >= 0.3 is 6.03 Å². The van der Waals surface area contributed by atoms with Crippen LogP contribution < -0.4 is 10.6 Å². The number of hydrogen-bond acceptors (Lipinski definition) is 4. The monoisotopic (exact) mass is 483 g/mol. The van der Waals surface area contributed by atoms with Gasteiger partial charge in [0.2, 0.25) is 0 Å². The lowest BCUT2D eigenvalue weighted by Gasteiger charge is -2.08. The zero-order valence-corrected chi connectivity index (χ0v) is 19.5. The molecule has 9 heteroatoms. The lowest BCUT2D eigenvalue weighted by Crippen LogP contribution is -2.19. The van der Waals surface area contributed by atoms with Gasteiger partial charge in [-0.3, -0.25) is 10.4 Å². The molecule has 0 atom stereocenters. The van der Waals surface area contributed by atoms with Crippen molar-refractivity contribution in [1.82, 2.24) is 25.2 Å². The number of anilines is 2. The number of rotatable bonds is 6. The van der Waals surface area contributed by atoms with Gasteiger partial charge in [0.15, 0.2) is 5.82 Å². The third kappa shape index (κ3) is 4.48. The van der Waals surface area contributed by atoms with E-state index in [0.717, 1.165) is 40.7 Å². The number of amides is 2. The zero-order valence-electron chi connectivity index (χ0n) is 18.7. The molecule has 1 fully saturated rings. The lowest BCUT2D eigenvalue weighted by atomic mass is 10.1. The summed E-state index contributed by atoms with van der Waals surface area (Å²) in [4.78, 5) is 12.6. The van der Waals surface area contributed by atoms with Crippen LogP contribution >= 0.6 is 11.6 Å². The average molecular weight is 484 g/mol. The largest absolute Gasteiger partial charge is 0.324 e. The van der Waals surface area contributed by atoms with Crippen LogP contribution in [0.25, 0.3) is 22.2 Å². The van der Waals surface area contributed by atoms with Gasteiger partial charge in [-0.1, -0.05) is 59.3 Å². The standard InChI is InChI=1S/C26H22ClN7O/c27-19-7-4-8-20(14-19)28-26(35)29-25-21-13-18(11-12-22(21)30-32-25)23-24(17-9-10-17)34(33-31-23)15-16-5-2-1-3-6-16/h1-8,11-14,17H,9-10,15H2,(H3,28,29,30,32,35). The van der Waals surface area contributed by atoms with Crippen molar-refractivity contribution in [2.75, 3.05) is 10.6 Å². The number of nitrogens with zero attached hydrogens (tertiary/aromatic N) is 4. The molecule has 35 heavy (non-hydrogen) atoms. The second-order valence-corrected chi connectivity index (χ2v) is 9.10. The van der Waals surface area contributed by atoms with Crippen LogP contribution in [-0.2, 0) is 6.54 Å². The highest BCUT2D eigenvalue weighted by molar-refractivity contribution is 6.30. The smallest absolute Gasteiger partial charge is 0.308 e. The van der Waals surface area contributed by atoms with E-state index in [1.165, 1.54) is 5.56 Å². The van der Waals surface area contributed by atoms with E-state index < -0.39 is 6.03 Å². The molecule has 1 aliphatic carbocycles. The summed E-state index contributed by atoms with van der Waals surface area (Å²) in [6.07, 6.45) is 2.28. The molecule has 2 heterocycles. The van der Waals surface area contributed by atoms with Crippen LogP contribution in [0, 0.1) is 0 Å². The molecule has 8 nitrogen and oxygen atoms in total. The number of fused-ring (bicyclic) bond motifs is 1. The topological polar surface area (TPSA) is 101 Å². The molecule has 2 amide bonds. The summed E-state index contributed by atoms with van der Waals surface area (Å²) in [6, 6.07) is 22.8. The Morgan fingerprint density at radius 2 is 1.89 bits per heavy atom. The molecule has 0 spiro atoms. The van der Waals surface area contributed by atoms with Crippen LogP contribution in [0.5, 0.6) is 0 Å². The molecule has 0 aliphatic heterocycles. The number of benzene rings is 3. The van der Waals surface area contributed by atoms with Crippen molar-refractivity contribution in [3.8, 4) is 11.3 Å². The van der Waals surface area contributed by atoms with E-state index >= 15 is 0 Å². The molecule has 0 saturated heterocycles. The number of aromatic amines is 1. The maximum Gasteiger partial charge on any atom is 0.324 e. The molecule has 0 radical (unpaired) electrons. The maximum atomic E-state index is 12.6. The molecule has 3 aromatic carbocycles. The van der Waals surface area contributed by atoms with Crippen molar-refractivity contribution in [1.29, 1.82) is 0 Å². The van der Waals surface area contributed by atoms with Crippen LogP contribution in [0.3, 0.4) is 0 Å². The minimum atomic E-state index is -0.404. The van der Waals surface area contributed by atoms with Crippen LogP contribution in [0.15, 0.2) is 72.8 Å². The molecule has 1 saturated carbocycles. The van der Waals surface area contributed by atoms with E-state index in [0.29, 0.717) is 29.0 Å². The van der Waals surface area contributed by atoms with E-state index in [4.69, 9.17) is 11.6 Å². The quantitative estimate of drug-likeness (QED) is 0.274. The zero-order chi connectivity index (χ0) is 23.8. The molecular formula is C26H22ClN7O. The Balaban J connectivity index is 1.29. The molecule has 3 N–H and O–H groups in total. The number of urea groups is 1. The first-order valence-corrected chi connectivity index (χ1v) is 11.8. The van der Waals surface area contributed by atoms with E-state index in [1.54, 1.807) is 24.3 Å². The summed E-state index contributed by atoms with van der Waals surface area (Å²) in [5.74, 6) is 0.899. The predicted octanol–water partition coefficient (Wildman–Crippen LogP) is 6.04. The maximum absolute atomic E-state index is 12.6. The third-order valence-electron chi connectivity index (χ3n) is 6.06. The van der Waals surface area contributed by atoms with Crippen molar-refractivity contribution in [2.24, 2.45) is 0 Å². The molecular weight excluding hydrogens is 462 g/mol. The van der Waals surface area contributed by atoms with E-state index in [9.17, 15) is 4.79 Å². The fourth-order valence-corrected chi connectivity index (χ4v) is 4.44. The van der Waals surface area contributed by atoms with Gasteiger partial charge in [-0.15, -0.1) is 5.10 Å². The highest BCUT2D eigenvalue weighted by atomic mass is 35.5. The van der Waals surface area contributed by atoms with Crippen molar-refractivity contribution in [2.45, 2.75) is 25.3 Å². The van der Waals surface area contributed by atoms with Crippen molar-refractivity contribution in [3.05, 3.63) is 89.1 Å². The van der Waals surface area contributed by atoms with Gasteiger partial charge in [0.1, 0.15) is 5.69 Å². The van der Waals surface area contributed by atoms with Crippen molar-refractivity contribution >= 4 is 40.0 Å². The van der Waals surface area contributed by atoms with Crippen LogP contribution in [0.2, 0.25) is 5.02 Å². The minimum Gasteiger partial charge on any atom is -0.308 e. The lowest BCUT2D eigenvalue weighted by molar-refractivity contribution is 0.262. The minimum absolute atomic E-state index is 0.404. The molecule has 2 aromatic heterocycles. The summed E-state index contributed by atoms with van der Waals surface area (Å²) in [5, 5.41) is 23.3. The summed E-state index contributed by atoms with van der Waals surface area (Å²) in [7, 11) is 0. The Morgan fingerprint density at radius 1 is 1.03 bits per heavy atom. The number of nitrogens with one attached hydrogen (secondary N) is 3. The van der Waals surface area contributed by atoms with Gasteiger partial charge in [0.05, 0.1) is 17.8 Å². The van der Waals surface area contributed by atoms with Crippen LogP contribution in [-0.4, -0.2) is 31.2 Å². The number of halogens is 1. The summed E-state index contributed by atoms with van der Waals surface area (Å²) in [5.41, 5.74) is 5.58. The summed E-state index contributed by atoms with van der Waals surface area (Å²) in [6.45, 7) is 0.685. The molecule has 5 aromatic rings. The Hall–Kier alpha value is -4.17. The first-order valence-electron chi connectivity index (χ1n) is 11.4. The fraction of sp³-hybridized carbons (Fsp3) is 0.154. The Bertz CT molecular complexity index is 1520. The Morgan fingerprint density at radius 3 is 2.69 bits per heavy atom. The predicted molar refractivity (Wildman–Crippen MR) is 137 cm³/mol. The number of hydrogen-bond donors (Lipinski definition) is 3. The van der Waals surface area contributed by atoms with Crippen LogP contribution in [0.1, 0.15) is 30.0 Å².